The molecule has 2 aromatic carbocycles. The molecule has 0 atom stereocenters. The normalized spacial score (nSPS) is 10.8. The average molecular weight is 296 g/mol. The van der Waals surface area contributed by atoms with Gasteiger partial charge >= 0.3 is 5.69 Å². The molecule has 0 saturated carbocycles. The Hall–Kier alpha value is -2.87. The van der Waals surface area contributed by atoms with E-state index in [2.05, 4.69) is 20.8 Å². The van der Waals surface area contributed by atoms with Gasteiger partial charge in [-0.05, 0) is 35.2 Å². The summed E-state index contributed by atoms with van der Waals surface area (Å²) in [6.07, 6.45) is 0. The monoisotopic (exact) mass is 296 g/mol. The van der Waals surface area contributed by atoms with Gasteiger partial charge in [0.2, 0.25) is 5.75 Å². The molecular weight excluding hydrogens is 280 g/mol. The summed E-state index contributed by atoms with van der Waals surface area (Å²) in [5, 5.41) is 19.9. The first-order valence-electron chi connectivity index (χ1n) is 6.78. The lowest BCUT2D eigenvalue weighted by Gasteiger charge is -2.19. The molecule has 0 heterocycles. The summed E-state index contributed by atoms with van der Waals surface area (Å²) < 4.78 is 5.59. The van der Waals surface area contributed by atoms with Gasteiger partial charge in [-0.15, -0.1) is 0 Å². The van der Waals surface area contributed by atoms with Gasteiger partial charge in [0, 0.05) is 6.07 Å². The van der Waals surface area contributed by atoms with Crippen molar-refractivity contribution in [3.05, 3.63) is 63.7 Å². The van der Waals surface area contributed by atoms with Crippen LogP contribution in [0.5, 0.6) is 11.5 Å². The van der Waals surface area contributed by atoms with Gasteiger partial charge in [-0.1, -0.05) is 32.9 Å². The van der Waals surface area contributed by atoms with Crippen molar-refractivity contribution in [3.8, 4) is 17.6 Å². The number of hydrogen-bond acceptors (Lipinski definition) is 4. The topological polar surface area (TPSA) is 76.2 Å². The molecule has 0 amide bonds. The number of nitriles is 1. The van der Waals surface area contributed by atoms with E-state index in [1.165, 1.54) is 18.2 Å². The summed E-state index contributed by atoms with van der Waals surface area (Å²) in [7, 11) is 0. The molecule has 0 aromatic heterocycles. The first-order valence-corrected chi connectivity index (χ1v) is 6.78. The van der Waals surface area contributed by atoms with Crippen LogP contribution in [0.1, 0.15) is 31.9 Å². The zero-order valence-electron chi connectivity index (χ0n) is 12.7. The summed E-state index contributed by atoms with van der Waals surface area (Å²) in [6, 6.07) is 13.4. The van der Waals surface area contributed by atoms with Gasteiger partial charge in [0.1, 0.15) is 5.75 Å². The number of rotatable bonds is 3. The van der Waals surface area contributed by atoms with Crippen molar-refractivity contribution in [2.45, 2.75) is 26.2 Å². The van der Waals surface area contributed by atoms with Crippen molar-refractivity contribution < 1.29 is 9.66 Å². The molecule has 0 spiro atoms. The summed E-state index contributed by atoms with van der Waals surface area (Å²) in [6.45, 7) is 6.32. The van der Waals surface area contributed by atoms with Crippen molar-refractivity contribution in [1.29, 1.82) is 5.26 Å². The fourth-order valence-corrected chi connectivity index (χ4v) is 1.97. The van der Waals surface area contributed by atoms with Crippen molar-refractivity contribution >= 4 is 5.69 Å². The predicted molar refractivity (Wildman–Crippen MR) is 83.0 cm³/mol. The number of nitrogens with zero attached hydrogens (tertiary/aromatic N) is 2. The zero-order chi connectivity index (χ0) is 16.3. The summed E-state index contributed by atoms with van der Waals surface area (Å²) in [5.41, 5.74) is 1.18. The lowest BCUT2D eigenvalue weighted by Crippen LogP contribution is -2.10. The third-order valence-corrected chi connectivity index (χ3v) is 3.23. The van der Waals surface area contributed by atoms with E-state index in [1.54, 1.807) is 12.1 Å². The van der Waals surface area contributed by atoms with Crippen LogP contribution >= 0.6 is 0 Å². The SMILES string of the molecule is CC(C)(C)c1ccc(Oc2ccc(C#N)cc2[N+](=O)[O-])cc1. The fraction of sp³-hybridized carbons (Fsp3) is 0.235. The maximum absolute atomic E-state index is 11.1. The molecule has 0 bridgehead atoms. The van der Waals surface area contributed by atoms with Gasteiger partial charge in [0.25, 0.3) is 0 Å². The second-order valence-electron chi connectivity index (χ2n) is 5.93. The highest BCUT2D eigenvalue weighted by molar-refractivity contribution is 5.53. The average Bonchev–Trinajstić information content (AvgIpc) is 2.47. The number of benzene rings is 2. The summed E-state index contributed by atoms with van der Waals surface area (Å²) in [4.78, 5) is 10.5. The number of hydrogen-bond donors (Lipinski definition) is 0. The third kappa shape index (κ3) is 3.41. The Labute approximate surface area is 128 Å². The minimum absolute atomic E-state index is 0.0268. The Kier molecular flexibility index (Phi) is 4.13. The molecule has 0 aliphatic carbocycles. The van der Waals surface area contributed by atoms with Gasteiger partial charge in [-0.2, -0.15) is 5.26 Å². The molecule has 0 saturated heterocycles. The van der Waals surface area contributed by atoms with Crippen LogP contribution in [0.25, 0.3) is 0 Å². The van der Waals surface area contributed by atoms with Gasteiger partial charge in [0.05, 0.1) is 16.6 Å². The van der Waals surface area contributed by atoms with Gasteiger partial charge in [0.15, 0.2) is 0 Å². The van der Waals surface area contributed by atoms with Crippen LogP contribution in [-0.4, -0.2) is 4.92 Å². The fourth-order valence-electron chi connectivity index (χ4n) is 1.97. The van der Waals surface area contributed by atoms with E-state index in [4.69, 9.17) is 10.00 Å². The first kappa shape index (κ1) is 15.5. The number of ether oxygens (including phenoxy) is 1. The highest BCUT2D eigenvalue weighted by Crippen LogP contribution is 2.33. The molecule has 5 nitrogen and oxygen atoms in total. The molecule has 112 valence electrons. The third-order valence-electron chi connectivity index (χ3n) is 3.23. The minimum Gasteiger partial charge on any atom is -0.450 e. The minimum atomic E-state index is -0.556. The Morgan fingerprint density at radius 3 is 2.27 bits per heavy atom. The van der Waals surface area contributed by atoms with Crippen LogP contribution in [0.3, 0.4) is 0 Å². The Bertz CT molecular complexity index is 738. The molecule has 0 aliphatic rings. The van der Waals surface area contributed by atoms with Crippen molar-refractivity contribution in [2.24, 2.45) is 0 Å². The van der Waals surface area contributed by atoms with Crippen LogP contribution < -0.4 is 4.74 Å². The molecule has 2 rings (SSSR count). The van der Waals surface area contributed by atoms with Gasteiger partial charge < -0.3 is 4.74 Å². The van der Waals surface area contributed by atoms with Crippen LogP contribution in [0.15, 0.2) is 42.5 Å². The standard InChI is InChI=1S/C17H16N2O3/c1-17(2,3)13-5-7-14(8-6-13)22-16-9-4-12(11-18)10-15(16)19(20)21/h4-10H,1-3H3. The van der Waals surface area contributed by atoms with Crippen LogP contribution in [-0.2, 0) is 5.41 Å². The van der Waals surface area contributed by atoms with E-state index < -0.39 is 4.92 Å². The van der Waals surface area contributed by atoms with Crippen molar-refractivity contribution in [2.75, 3.05) is 0 Å². The predicted octanol–water partition coefficient (Wildman–Crippen LogP) is 4.56. The van der Waals surface area contributed by atoms with Crippen LogP contribution in [0.2, 0.25) is 0 Å². The lowest BCUT2D eigenvalue weighted by atomic mass is 9.87. The highest BCUT2D eigenvalue weighted by atomic mass is 16.6. The van der Waals surface area contributed by atoms with E-state index in [1.807, 2.05) is 18.2 Å². The summed E-state index contributed by atoms with van der Waals surface area (Å²) in [5.74, 6) is 0.633. The van der Waals surface area contributed by atoms with E-state index >= 15 is 0 Å². The molecule has 0 unspecified atom stereocenters. The molecule has 0 N–H and O–H groups in total. The first-order chi connectivity index (χ1) is 10.3. The van der Waals surface area contributed by atoms with Gasteiger partial charge in [-0.3, -0.25) is 10.1 Å². The second kappa shape index (κ2) is 5.86. The lowest BCUT2D eigenvalue weighted by molar-refractivity contribution is -0.385. The quantitative estimate of drug-likeness (QED) is 0.614. The molecular formula is C17H16N2O3. The second-order valence-corrected chi connectivity index (χ2v) is 5.93. The maximum Gasteiger partial charge on any atom is 0.312 e. The van der Waals surface area contributed by atoms with E-state index in [0.29, 0.717) is 5.75 Å². The van der Waals surface area contributed by atoms with Crippen LogP contribution in [0.4, 0.5) is 5.69 Å². The van der Waals surface area contributed by atoms with Gasteiger partial charge in [-0.25, -0.2) is 0 Å². The molecule has 2 aromatic rings. The van der Waals surface area contributed by atoms with Crippen molar-refractivity contribution in [3.63, 3.8) is 0 Å². The van der Waals surface area contributed by atoms with Crippen LogP contribution in [0, 0.1) is 21.4 Å². The molecule has 5 heteroatoms. The Morgan fingerprint density at radius 2 is 1.77 bits per heavy atom. The number of nitro benzene ring substituents is 1. The van der Waals surface area contributed by atoms with E-state index in [0.717, 1.165) is 5.56 Å². The zero-order valence-corrected chi connectivity index (χ0v) is 12.7. The highest BCUT2D eigenvalue weighted by Gasteiger charge is 2.18. The van der Waals surface area contributed by atoms with Crippen molar-refractivity contribution in [1.82, 2.24) is 0 Å². The van der Waals surface area contributed by atoms with E-state index in [-0.39, 0.29) is 22.4 Å². The Balaban J connectivity index is 2.31. The maximum atomic E-state index is 11.1. The molecule has 0 aliphatic heterocycles. The largest absolute Gasteiger partial charge is 0.450 e. The molecule has 22 heavy (non-hydrogen) atoms. The smallest absolute Gasteiger partial charge is 0.312 e. The summed E-state index contributed by atoms with van der Waals surface area (Å²) >= 11 is 0. The molecule has 0 fully saturated rings. The number of nitro groups is 1. The molecule has 0 radical (unpaired) electrons. The Morgan fingerprint density at radius 1 is 1.14 bits per heavy atom. The van der Waals surface area contributed by atoms with E-state index in [9.17, 15) is 10.1 Å².